The Bertz CT molecular complexity index is 2920. The van der Waals surface area contributed by atoms with Crippen molar-refractivity contribution in [1.82, 2.24) is 19.9 Å². The minimum atomic E-state index is -0.343. The van der Waals surface area contributed by atoms with E-state index in [1.165, 1.54) is 12.1 Å². The molecule has 9 aromatic rings. The van der Waals surface area contributed by atoms with E-state index in [9.17, 15) is 4.39 Å². The fourth-order valence-electron chi connectivity index (χ4n) is 6.59. The normalized spacial score (nSPS) is 12.2. The molecule has 8 heteroatoms. The first-order valence-corrected chi connectivity index (χ1v) is 17.4. The highest BCUT2D eigenvalue weighted by Crippen LogP contribution is 2.28. The van der Waals surface area contributed by atoms with Gasteiger partial charge in [-0.15, -0.1) is 0 Å². The Kier molecular flexibility index (Phi) is 8.45. The molecule has 4 heterocycles. The van der Waals surface area contributed by atoms with Crippen LogP contribution in [0.3, 0.4) is 0 Å². The molecule has 0 atom stereocenters. The van der Waals surface area contributed by atoms with Gasteiger partial charge in [0.2, 0.25) is 0 Å². The van der Waals surface area contributed by atoms with Crippen LogP contribution in [0.25, 0.3) is 66.1 Å². The zero-order chi connectivity index (χ0) is 36.4. The van der Waals surface area contributed by atoms with Crippen LogP contribution in [-0.4, -0.2) is 38.3 Å². The number of aromatic nitrogens is 4. The molecule has 0 saturated carbocycles. The lowest BCUT2D eigenvalue weighted by molar-refractivity contribution is 0.628. The van der Waals surface area contributed by atoms with Crippen molar-refractivity contribution in [3.05, 3.63) is 180 Å². The van der Waals surface area contributed by atoms with Gasteiger partial charge in [0.1, 0.15) is 5.82 Å². The maximum Gasteiger partial charge on any atom is 0.161 e. The lowest BCUT2D eigenvalue weighted by Crippen LogP contribution is -2.06. The predicted octanol–water partition coefficient (Wildman–Crippen LogP) is 10.4. The number of rotatable bonds is 6. The molecule has 0 unspecified atom stereocenters. The van der Waals surface area contributed by atoms with Gasteiger partial charge in [0.15, 0.2) is 11.7 Å². The van der Waals surface area contributed by atoms with E-state index in [1.54, 1.807) is 24.5 Å². The zero-order valence-electron chi connectivity index (χ0n) is 28.9. The third-order valence-electron chi connectivity index (χ3n) is 9.43. The molecule has 5 aromatic carbocycles. The van der Waals surface area contributed by atoms with E-state index < -0.39 is 0 Å². The minimum absolute atomic E-state index is 0.341. The van der Waals surface area contributed by atoms with Crippen LogP contribution in [0.15, 0.2) is 173 Å². The highest BCUT2D eigenvalue weighted by Gasteiger charge is 2.11. The molecule has 4 aromatic heterocycles. The second-order valence-corrected chi connectivity index (χ2v) is 12.8. The van der Waals surface area contributed by atoms with Gasteiger partial charge in [-0.3, -0.25) is 15.0 Å². The molecule has 256 valence electrons. The van der Waals surface area contributed by atoms with E-state index in [4.69, 9.17) is 20.0 Å². The molecule has 7 nitrogen and oxygen atoms in total. The van der Waals surface area contributed by atoms with E-state index in [0.29, 0.717) is 23.8 Å². The Morgan fingerprint density at radius 2 is 0.963 bits per heavy atom. The molecular formula is C46H30FN7. The summed E-state index contributed by atoms with van der Waals surface area (Å²) in [5.74, 6) is 0.466. The summed E-state index contributed by atoms with van der Waals surface area (Å²) in [5.41, 5.74) is 9.54. The second-order valence-electron chi connectivity index (χ2n) is 12.8. The van der Waals surface area contributed by atoms with Gasteiger partial charge in [0, 0.05) is 56.2 Å². The summed E-state index contributed by atoms with van der Waals surface area (Å²) < 4.78 is 13.8. The van der Waals surface area contributed by atoms with Crippen LogP contribution >= 0.6 is 0 Å². The molecule has 0 saturated heterocycles. The van der Waals surface area contributed by atoms with Crippen LogP contribution < -0.4 is 0 Å². The van der Waals surface area contributed by atoms with Gasteiger partial charge < -0.3 is 0 Å². The number of hydrogen-bond donors (Lipinski definition) is 0. The van der Waals surface area contributed by atoms with E-state index in [2.05, 4.69) is 70.2 Å². The average molecular weight is 700 g/mol. The second kappa shape index (κ2) is 14.0. The molecule has 0 aliphatic carbocycles. The number of fused-ring (bicyclic) bond motifs is 6. The fourth-order valence-corrected chi connectivity index (χ4v) is 6.59. The molecule has 0 aliphatic rings. The van der Waals surface area contributed by atoms with Gasteiger partial charge >= 0.3 is 0 Å². The van der Waals surface area contributed by atoms with E-state index in [0.717, 1.165) is 77.3 Å². The van der Waals surface area contributed by atoms with Crippen LogP contribution in [0.1, 0.15) is 16.7 Å². The first-order chi connectivity index (χ1) is 26.6. The third-order valence-corrected chi connectivity index (χ3v) is 9.43. The van der Waals surface area contributed by atoms with Gasteiger partial charge in [-0.1, -0.05) is 97.1 Å². The van der Waals surface area contributed by atoms with Crippen molar-refractivity contribution in [2.75, 3.05) is 0 Å². The number of amidine groups is 2. The fraction of sp³-hybridized carbons (Fsp3) is 0.0217. The molecule has 9 rings (SSSR count). The molecule has 0 amide bonds. The molecule has 54 heavy (non-hydrogen) atoms. The van der Waals surface area contributed by atoms with Crippen molar-refractivity contribution >= 4 is 62.0 Å². The smallest absolute Gasteiger partial charge is 0.161 e. The quantitative estimate of drug-likeness (QED) is 0.0982. The Morgan fingerprint density at radius 3 is 1.50 bits per heavy atom. The van der Waals surface area contributed by atoms with E-state index in [-0.39, 0.29) is 5.82 Å². The summed E-state index contributed by atoms with van der Waals surface area (Å²) >= 11 is 0. The highest BCUT2D eigenvalue weighted by molar-refractivity contribution is 6.13. The Balaban J connectivity index is 1.04. The maximum absolute atomic E-state index is 13.8. The van der Waals surface area contributed by atoms with Crippen molar-refractivity contribution in [1.29, 1.82) is 0 Å². The first-order valence-electron chi connectivity index (χ1n) is 17.4. The summed E-state index contributed by atoms with van der Waals surface area (Å²) in [6, 6.07) is 46.6. The Labute approximate surface area is 310 Å². The van der Waals surface area contributed by atoms with E-state index in [1.807, 2.05) is 72.8 Å². The monoisotopic (exact) mass is 699 g/mol. The molecule has 0 spiro atoms. The third kappa shape index (κ3) is 6.37. The lowest BCUT2D eigenvalue weighted by Gasteiger charge is -2.09. The topological polar surface area (TPSA) is 88.6 Å². The molecular weight excluding hydrogens is 670 g/mol. The van der Waals surface area contributed by atoms with Crippen LogP contribution in [-0.2, 0) is 6.54 Å². The predicted molar refractivity (Wildman–Crippen MR) is 218 cm³/mol. The minimum Gasteiger partial charge on any atom is -0.261 e. The van der Waals surface area contributed by atoms with Gasteiger partial charge in [0.25, 0.3) is 0 Å². The Hall–Kier alpha value is -7.32. The number of halogens is 1. The van der Waals surface area contributed by atoms with Crippen molar-refractivity contribution in [2.45, 2.75) is 6.54 Å². The van der Waals surface area contributed by atoms with Crippen molar-refractivity contribution in [3.63, 3.8) is 0 Å². The van der Waals surface area contributed by atoms with E-state index >= 15 is 0 Å². The van der Waals surface area contributed by atoms with Crippen LogP contribution in [0, 0.1) is 5.82 Å². The highest BCUT2D eigenvalue weighted by atomic mass is 19.1. The largest absolute Gasteiger partial charge is 0.261 e. The number of nitrogens with zero attached hydrogens (tertiary/aromatic N) is 7. The SMILES string of the molecule is C=NC(=NC(=NCc1ccc(-c2ccc3ccc4cccnc4c3n2)cc1)c1ccc(-c2ccc3ccc4cccnc4c3n2)cc1)c1ccc(F)cc1. The van der Waals surface area contributed by atoms with Crippen LogP contribution in [0.4, 0.5) is 4.39 Å². The summed E-state index contributed by atoms with van der Waals surface area (Å²) in [6.07, 6.45) is 3.59. The molecule has 0 fully saturated rings. The average Bonchev–Trinajstić information content (AvgIpc) is 3.24. The van der Waals surface area contributed by atoms with Gasteiger partial charge in [0.05, 0.1) is 40.0 Å². The standard InChI is InChI=1S/C46H30FN7/c1-48-45(36-18-22-38(47)23-19-36)54-46(37-16-10-31(11-17-37)40-25-21-35-15-13-33-5-3-27-50-42(33)44(35)53-40)51-28-29-6-8-30(9-7-29)39-24-20-34-14-12-32-4-2-26-49-41(32)43(34)52-39/h2-27H,1,28H2. The van der Waals surface area contributed by atoms with Crippen LogP contribution in [0.5, 0.6) is 0 Å². The summed E-state index contributed by atoms with van der Waals surface area (Å²) in [4.78, 5) is 33.2. The van der Waals surface area contributed by atoms with Crippen LogP contribution in [0.2, 0.25) is 0 Å². The number of pyridine rings is 4. The lowest BCUT2D eigenvalue weighted by atomic mass is 10.1. The van der Waals surface area contributed by atoms with Crippen molar-refractivity contribution < 1.29 is 4.39 Å². The van der Waals surface area contributed by atoms with Gasteiger partial charge in [-0.25, -0.2) is 24.3 Å². The van der Waals surface area contributed by atoms with Crippen molar-refractivity contribution in [3.8, 4) is 22.5 Å². The molecule has 0 bridgehead atoms. The first kappa shape index (κ1) is 32.6. The summed E-state index contributed by atoms with van der Waals surface area (Å²) in [5, 5.41) is 4.18. The Morgan fingerprint density at radius 1 is 0.500 bits per heavy atom. The van der Waals surface area contributed by atoms with Gasteiger partial charge in [-0.2, -0.15) is 0 Å². The zero-order valence-corrected chi connectivity index (χ0v) is 28.9. The number of aliphatic imine (C=N–C) groups is 3. The number of benzene rings is 5. The van der Waals surface area contributed by atoms with Crippen molar-refractivity contribution in [2.24, 2.45) is 15.0 Å². The molecule has 0 aliphatic heterocycles. The van der Waals surface area contributed by atoms with Gasteiger partial charge in [-0.05, 0) is 60.8 Å². The summed E-state index contributed by atoms with van der Waals surface area (Å²) in [7, 11) is 0. The summed E-state index contributed by atoms with van der Waals surface area (Å²) in [6.45, 7) is 4.11. The molecule has 0 N–H and O–H groups in total. The number of hydrogen-bond acceptors (Lipinski definition) is 5. The maximum atomic E-state index is 13.8. The molecule has 0 radical (unpaired) electrons.